The fraction of sp³-hybridized carbons (Fsp3) is 0.500. The molecule has 2 rings (SSSR count). The second kappa shape index (κ2) is 5.73. The first-order chi connectivity index (χ1) is 9.70. The van der Waals surface area contributed by atoms with Gasteiger partial charge in [0, 0.05) is 13.1 Å². The molecule has 1 aliphatic rings. The van der Waals surface area contributed by atoms with Crippen molar-refractivity contribution in [1.29, 1.82) is 0 Å². The van der Waals surface area contributed by atoms with Gasteiger partial charge in [-0.05, 0) is 43.4 Å². The number of benzene rings is 1. The number of primary sulfonamides is 1. The fourth-order valence-corrected chi connectivity index (χ4v) is 3.22. The molecule has 1 aliphatic heterocycles. The third-order valence-electron chi connectivity index (χ3n) is 3.73. The summed E-state index contributed by atoms with van der Waals surface area (Å²) in [5.74, 6) is -0.813. The van der Waals surface area contributed by atoms with E-state index in [1.807, 2.05) is 6.92 Å². The Kier molecular flexibility index (Phi) is 4.34. The molecule has 0 spiro atoms. The highest BCUT2D eigenvalue weighted by Gasteiger charge is 2.26. The molecule has 0 aromatic heterocycles. The number of sulfonamides is 1. The summed E-state index contributed by atoms with van der Waals surface area (Å²) in [5, 5.41) is 5.07. The van der Waals surface area contributed by atoms with Crippen molar-refractivity contribution < 1.29 is 17.6 Å². The van der Waals surface area contributed by atoms with Crippen LogP contribution in [0.3, 0.4) is 0 Å². The van der Waals surface area contributed by atoms with Gasteiger partial charge in [-0.2, -0.15) is 0 Å². The van der Waals surface area contributed by atoms with Gasteiger partial charge in [0.2, 0.25) is 10.0 Å². The molecule has 0 radical (unpaired) electrons. The molecule has 21 heavy (non-hydrogen) atoms. The summed E-state index contributed by atoms with van der Waals surface area (Å²) in [6.45, 7) is 4.56. The summed E-state index contributed by atoms with van der Waals surface area (Å²) >= 11 is 0. The maximum atomic E-state index is 14.2. The maximum Gasteiger partial charge on any atom is 0.256 e. The summed E-state index contributed by atoms with van der Waals surface area (Å²) < 4.78 is 37.0. The van der Waals surface area contributed by atoms with E-state index in [-0.39, 0.29) is 16.0 Å². The molecule has 0 aliphatic carbocycles. The number of piperidine rings is 1. The number of hydrogen-bond acceptors (Lipinski definition) is 3. The van der Waals surface area contributed by atoms with Crippen molar-refractivity contribution >= 4 is 15.9 Å². The van der Waals surface area contributed by atoms with Crippen molar-refractivity contribution in [3.63, 3.8) is 0 Å². The van der Waals surface area contributed by atoms with Crippen LogP contribution in [0.4, 0.5) is 4.39 Å². The van der Waals surface area contributed by atoms with Gasteiger partial charge in [0.1, 0.15) is 5.82 Å². The van der Waals surface area contributed by atoms with Crippen LogP contribution in [0, 0.1) is 18.7 Å². The molecule has 116 valence electrons. The topological polar surface area (TPSA) is 80.5 Å². The Hall–Kier alpha value is -1.47. The minimum absolute atomic E-state index is 0.0925. The van der Waals surface area contributed by atoms with E-state index < -0.39 is 21.7 Å². The van der Waals surface area contributed by atoms with Crippen molar-refractivity contribution in [3.8, 4) is 0 Å². The lowest BCUT2D eigenvalue weighted by Gasteiger charge is -2.31. The van der Waals surface area contributed by atoms with E-state index in [2.05, 4.69) is 0 Å². The first-order valence-corrected chi connectivity index (χ1v) is 8.37. The highest BCUT2D eigenvalue weighted by atomic mass is 32.2. The first kappa shape index (κ1) is 15.9. The standard InChI is InChI=1S/C14H19FN2O3S/c1-9-4-3-5-17(8-9)14(18)12-7-11(21(16,19)20)6-10(2)13(12)15/h6-7,9H,3-5,8H2,1-2H3,(H2,16,19,20). The Morgan fingerprint density at radius 3 is 2.67 bits per heavy atom. The van der Waals surface area contributed by atoms with Crippen LogP contribution in [-0.4, -0.2) is 32.3 Å². The van der Waals surface area contributed by atoms with E-state index in [1.54, 1.807) is 4.90 Å². The van der Waals surface area contributed by atoms with E-state index in [0.29, 0.717) is 19.0 Å². The largest absolute Gasteiger partial charge is 0.338 e. The minimum Gasteiger partial charge on any atom is -0.338 e. The summed E-state index contributed by atoms with van der Waals surface area (Å²) in [6.07, 6.45) is 1.89. The van der Waals surface area contributed by atoms with Crippen LogP contribution in [0.25, 0.3) is 0 Å². The van der Waals surface area contributed by atoms with Crippen LogP contribution in [0.1, 0.15) is 35.7 Å². The van der Waals surface area contributed by atoms with Crippen molar-refractivity contribution in [1.82, 2.24) is 4.90 Å². The minimum atomic E-state index is -3.98. The van der Waals surface area contributed by atoms with Crippen molar-refractivity contribution in [2.24, 2.45) is 11.1 Å². The van der Waals surface area contributed by atoms with Crippen molar-refractivity contribution in [2.75, 3.05) is 13.1 Å². The monoisotopic (exact) mass is 314 g/mol. The van der Waals surface area contributed by atoms with E-state index in [9.17, 15) is 17.6 Å². The highest BCUT2D eigenvalue weighted by Crippen LogP contribution is 2.23. The van der Waals surface area contributed by atoms with Gasteiger partial charge in [0.25, 0.3) is 5.91 Å². The van der Waals surface area contributed by atoms with Crippen LogP contribution in [0.5, 0.6) is 0 Å². The number of hydrogen-bond donors (Lipinski definition) is 1. The zero-order chi connectivity index (χ0) is 15.8. The predicted molar refractivity (Wildman–Crippen MR) is 76.8 cm³/mol. The lowest BCUT2D eigenvalue weighted by Crippen LogP contribution is -2.39. The van der Waals surface area contributed by atoms with Gasteiger partial charge in [-0.15, -0.1) is 0 Å². The van der Waals surface area contributed by atoms with Crippen LogP contribution < -0.4 is 5.14 Å². The van der Waals surface area contributed by atoms with Gasteiger partial charge in [-0.25, -0.2) is 17.9 Å². The number of likely N-dealkylation sites (tertiary alicyclic amines) is 1. The van der Waals surface area contributed by atoms with Crippen molar-refractivity contribution in [2.45, 2.75) is 31.6 Å². The number of aryl methyl sites for hydroxylation is 1. The molecule has 1 atom stereocenters. The quantitative estimate of drug-likeness (QED) is 0.901. The Morgan fingerprint density at radius 2 is 2.10 bits per heavy atom. The summed E-state index contributed by atoms with van der Waals surface area (Å²) in [6, 6.07) is 2.17. The molecule has 1 aromatic carbocycles. The zero-order valence-electron chi connectivity index (χ0n) is 12.1. The van der Waals surface area contributed by atoms with Gasteiger partial charge in [-0.3, -0.25) is 4.79 Å². The van der Waals surface area contributed by atoms with Crippen LogP contribution in [0.15, 0.2) is 17.0 Å². The number of carbonyl (C=O) groups is 1. The number of amides is 1. The smallest absolute Gasteiger partial charge is 0.256 e. The molecular formula is C14H19FN2O3S. The van der Waals surface area contributed by atoms with Gasteiger partial charge in [-0.1, -0.05) is 6.92 Å². The molecule has 1 saturated heterocycles. The molecular weight excluding hydrogens is 295 g/mol. The SMILES string of the molecule is Cc1cc(S(N)(=O)=O)cc(C(=O)N2CCCC(C)C2)c1F. The third-order valence-corrected chi connectivity index (χ3v) is 4.62. The summed E-state index contributed by atoms with van der Waals surface area (Å²) in [4.78, 5) is 13.8. The summed E-state index contributed by atoms with van der Waals surface area (Å²) in [7, 11) is -3.98. The van der Waals surface area contributed by atoms with E-state index >= 15 is 0 Å². The summed E-state index contributed by atoms with van der Waals surface area (Å²) in [5.41, 5.74) is -0.136. The normalized spacial score (nSPS) is 19.6. The molecule has 1 unspecified atom stereocenters. The Labute approximate surface area is 124 Å². The molecule has 1 aromatic rings. The van der Waals surface area contributed by atoms with Crippen LogP contribution >= 0.6 is 0 Å². The lowest BCUT2D eigenvalue weighted by molar-refractivity contribution is 0.0678. The lowest BCUT2D eigenvalue weighted by atomic mass is 9.99. The maximum absolute atomic E-state index is 14.2. The molecule has 0 saturated carbocycles. The number of halogens is 1. The molecule has 0 bridgehead atoms. The van der Waals surface area contributed by atoms with E-state index in [1.165, 1.54) is 6.92 Å². The number of carbonyl (C=O) groups excluding carboxylic acids is 1. The fourth-order valence-electron chi connectivity index (χ4n) is 2.60. The van der Waals surface area contributed by atoms with Crippen LogP contribution in [0.2, 0.25) is 0 Å². The van der Waals surface area contributed by atoms with Crippen molar-refractivity contribution in [3.05, 3.63) is 29.1 Å². The Bertz CT molecular complexity index is 673. The molecule has 1 amide bonds. The Balaban J connectivity index is 2.43. The first-order valence-electron chi connectivity index (χ1n) is 6.82. The molecule has 2 N–H and O–H groups in total. The number of nitrogens with zero attached hydrogens (tertiary/aromatic N) is 1. The number of rotatable bonds is 2. The third kappa shape index (κ3) is 3.41. The second-order valence-corrected chi connectivity index (χ2v) is 7.21. The average molecular weight is 314 g/mol. The van der Waals surface area contributed by atoms with Gasteiger partial charge in [0.05, 0.1) is 10.5 Å². The molecule has 7 heteroatoms. The second-order valence-electron chi connectivity index (χ2n) is 5.65. The van der Waals surface area contributed by atoms with Gasteiger partial charge in [0.15, 0.2) is 0 Å². The highest BCUT2D eigenvalue weighted by molar-refractivity contribution is 7.89. The molecule has 1 heterocycles. The van der Waals surface area contributed by atoms with Gasteiger partial charge < -0.3 is 4.90 Å². The molecule has 1 fully saturated rings. The average Bonchev–Trinajstić information content (AvgIpc) is 2.39. The zero-order valence-corrected chi connectivity index (χ0v) is 12.9. The Morgan fingerprint density at radius 1 is 1.43 bits per heavy atom. The van der Waals surface area contributed by atoms with E-state index in [0.717, 1.165) is 25.0 Å². The van der Waals surface area contributed by atoms with E-state index in [4.69, 9.17) is 5.14 Å². The molecule has 5 nitrogen and oxygen atoms in total. The van der Waals surface area contributed by atoms with Gasteiger partial charge >= 0.3 is 0 Å². The van der Waals surface area contributed by atoms with Crippen LogP contribution in [-0.2, 0) is 10.0 Å². The number of nitrogens with two attached hydrogens (primary N) is 1. The predicted octanol–water partition coefficient (Wildman–Crippen LogP) is 1.65.